The third-order valence-corrected chi connectivity index (χ3v) is 6.23. The Kier molecular flexibility index (Phi) is 7.76. The van der Waals surface area contributed by atoms with Crippen LogP contribution < -0.4 is 5.32 Å². The minimum atomic E-state index is -1.29. The van der Waals surface area contributed by atoms with Crippen LogP contribution in [0.15, 0.2) is 18.2 Å². The first-order valence-corrected chi connectivity index (χ1v) is 12.9. The van der Waals surface area contributed by atoms with E-state index in [0.29, 0.717) is 31.6 Å². The van der Waals surface area contributed by atoms with E-state index in [1.165, 1.54) is 6.07 Å². The van der Waals surface area contributed by atoms with Crippen molar-refractivity contribution in [2.45, 2.75) is 56.8 Å². The largest absolute Gasteiger partial charge is 0.450 e. The van der Waals surface area contributed by atoms with Gasteiger partial charge in [0, 0.05) is 21.8 Å². The predicted octanol–water partition coefficient (Wildman–Crippen LogP) is 4.26. The van der Waals surface area contributed by atoms with Gasteiger partial charge in [0.1, 0.15) is 6.10 Å². The number of methoxy groups -OCH3 is 1. The lowest BCUT2D eigenvalue weighted by Crippen LogP contribution is -2.38. The Hall–Kier alpha value is -1.51. The summed E-state index contributed by atoms with van der Waals surface area (Å²) in [5, 5.41) is 2.83. The zero-order chi connectivity index (χ0) is 20.0. The second-order valence-corrected chi connectivity index (χ2v) is 13.7. The summed E-state index contributed by atoms with van der Waals surface area (Å²) < 4.78 is 43.3. The van der Waals surface area contributed by atoms with Crippen molar-refractivity contribution in [1.29, 1.82) is 0 Å². The van der Waals surface area contributed by atoms with E-state index in [0.717, 1.165) is 18.2 Å². The number of halogens is 2. The van der Waals surface area contributed by atoms with Gasteiger partial charge in [0.25, 0.3) is 0 Å². The molecule has 1 aromatic rings. The van der Waals surface area contributed by atoms with Crippen molar-refractivity contribution in [3.8, 4) is 0 Å². The van der Waals surface area contributed by atoms with Crippen molar-refractivity contribution in [1.82, 2.24) is 5.32 Å². The molecule has 0 aliphatic carbocycles. The third kappa shape index (κ3) is 6.86. The molecule has 2 rings (SSSR count). The van der Waals surface area contributed by atoms with Crippen LogP contribution in [-0.2, 0) is 14.2 Å². The summed E-state index contributed by atoms with van der Waals surface area (Å²) in [5.74, 6) is -1.85. The van der Waals surface area contributed by atoms with Gasteiger partial charge < -0.3 is 19.5 Å². The van der Waals surface area contributed by atoms with Crippen molar-refractivity contribution in [3.05, 3.63) is 35.4 Å². The van der Waals surface area contributed by atoms with Crippen LogP contribution in [0.2, 0.25) is 25.7 Å². The first-order chi connectivity index (χ1) is 12.7. The maximum atomic E-state index is 13.6. The normalized spacial score (nSPS) is 22.7. The fourth-order valence-corrected chi connectivity index (χ4v) is 3.69. The van der Waals surface area contributed by atoms with Crippen molar-refractivity contribution in [3.63, 3.8) is 0 Å². The van der Waals surface area contributed by atoms with Gasteiger partial charge in [-0.25, -0.2) is 13.6 Å². The molecule has 1 heterocycles. The second-order valence-electron chi connectivity index (χ2n) is 8.07. The Balaban J connectivity index is 2.02. The number of benzene rings is 1. The first kappa shape index (κ1) is 21.8. The standard InChI is InChI=1S/C19H29F2NO4Si/c1-24-8-7-14-12-17(22-19(23)25-9-10-27(2,3)4)18(26-14)13-5-6-15(20)16(21)11-13/h5-6,11,14,17-18H,7-10,12H2,1-4H3,(H,22,23)/t14-,17-,18+/m1/s1. The van der Waals surface area contributed by atoms with E-state index in [1.807, 2.05) is 0 Å². The fourth-order valence-electron chi connectivity index (χ4n) is 2.98. The van der Waals surface area contributed by atoms with Crippen molar-refractivity contribution in [2.75, 3.05) is 20.3 Å². The lowest BCUT2D eigenvalue weighted by atomic mass is 10.0. The molecule has 1 saturated heterocycles. The monoisotopic (exact) mass is 401 g/mol. The molecule has 1 aromatic carbocycles. The third-order valence-electron chi connectivity index (χ3n) is 4.53. The zero-order valence-electron chi connectivity index (χ0n) is 16.4. The van der Waals surface area contributed by atoms with E-state index < -0.39 is 31.9 Å². The zero-order valence-corrected chi connectivity index (χ0v) is 17.4. The molecule has 1 aliphatic rings. The molecule has 0 saturated carbocycles. The molecule has 0 spiro atoms. The summed E-state index contributed by atoms with van der Waals surface area (Å²) >= 11 is 0. The highest BCUT2D eigenvalue weighted by molar-refractivity contribution is 6.76. The Morgan fingerprint density at radius 1 is 1.26 bits per heavy atom. The van der Waals surface area contributed by atoms with Crippen LogP contribution in [0, 0.1) is 11.6 Å². The van der Waals surface area contributed by atoms with Crippen molar-refractivity contribution >= 4 is 14.2 Å². The molecule has 3 atom stereocenters. The highest BCUT2D eigenvalue weighted by Crippen LogP contribution is 2.35. The van der Waals surface area contributed by atoms with Crippen LogP contribution in [0.4, 0.5) is 13.6 Å². The summed E-state index contributed by atoms with van der Waals surface area (Å²) in [5.41, 5.74) is 0.487. The summed E-state index contributed by atoms with van der Waals surface area (Å²) in [7, 11) is 0.312. The van der Waals surface area contributed by atoms with Gasteiger partial charge in [0.15, 0.2) is 11.6 Å². The van der Waals surface area contributed by atoms with Crippen LogP contribution in [0.3, 0.4) is 0 Å². The lowest BCUT2D eigenvalue weighted by Gasteiger charge is -2.21. The molecule has 152 valence electrons. The van der Waals surface area contributed by atoms with Gasteiger partial charge in [-0.05, 0) is 36.6 Å². The highest BCUT2D eigenvalue weighted by Gasteiger charge is 2.37. The van der Waals surface area contributed by atoms with E-state index in [4.69, 9.17) is 14.2 Å². The molecular formula is C19H29F2NO4Si. The van der Waals surface area contributed by atoms with Crippen LogP contribution in [-0.4, -0.2) is 46.6 Å². The van der Waals surface area contributed by atoms with Crippen LogP contribution >= 0.6 is 0 Å². The average Bonchev–Trinajstić information content (AvgIpc) is 2.97. The quantitative estimate of drug-likeness (QED) is 0.661. The Morgan fingerprint density at radius 3 is 2.63 bits per heavy atom. The summed E-state index contributed by atoms with van der Waals surface area (Å²) in [6.45, 7) is 7.51. The average molecular weight is 402 g/mol. The van der Waals surface area contributed by atoms with Gasteiger partial charge in [0.2, 0.25) is 0 Å². The SMILES string of the molecule is COCC[C@@H]1C[C@@H](NC(=O)OCC[Si](C)(C)C)[C@H](c2ccc(F)c(F)c2)O1. The smallest absolute Gasteiger partial charge is 0.407 e. The molecule has 5 nitrogen and oxygen atoms in total. The molecule has 0 aromatic heterocycles. The number of nitrogens with one attached hydrogen (secondary N) is 1. The number of carbonyl (C=O) groups excluding carboxylic acids is 1. The van der Waals surface area contributed by atoms with Crippen molar-refractivity contribution < 1.29 is 27.8 Å². The molecular weight excluding hydrogens is 372 g/mol. The number of ether oxygens (including phenoxy) is 3. The van der Waals surface area contributed by atoms with Gasteiger partial charge in [-0.1, -0.05) is 25.7 Å². The molecule has 0 unspecified atom stereocenters. The number of rotatable bonds is 8. The van der Waals surface area contributed by atoms with Crippen molar-refractivity contribution in [2.24, 2.45) is 0 Å². The van der Waals surface area contributed by atoms with Gasteiger partial charge >= 0.3 is 6.09 Å². The Labute approximate surface area is 160 Å². The van der Waals surface area contributed by atoms with Gasteiger partial charge in [-0.15, -0.1) is 0 Å². The first-order valence-electron chi connectivity index (χ1n) is 9.22. The number of hydrogen-bond acceptors (Lipinski definition) is 4. The summed E-state index contributed by atoms with van der Waals surface area (Å²) in [4.78, 5) is 12.2. The molecule has 8 heteroatoms. The van der Waals surface area contributed by atoms with Crippen LogP contribution in [0.1, 0.15) is 24.5 Å². The summed E-state index contributed by atoms with van der Waals surface area (Å²) in [6.07, 6.45) is -0.0148. The van der Waals surface area contributed by atoms with E-state index in [2.05, 4.69) is 25.0 Å². The fraction of sp³-hybridized carbons (Fsp3) is 0.632. The maximum absolute atomic E-state index is 13.6. The van der Waals surface area contributed by atoms with E-state index in [1.54, 1.807) is 7.11 Å². The Bertz CT molecular complexity index is 639. The van der Waals surface area contributed by atoms with Gasteiger partial charge in [-0.3, -0.25) is 0 Å². The van der Waals surface area contributed by atoms with E-state index >= 15 is 0 Å². The molecule has 0 bridgehead atoms. The summed E-state index contributed by atoms with van der Waals surface area (Å²) in [6, 6.07) is 4.16. The van der Waals surface area contributed by atoms with Gasteiger partial charge in [0.05, 0.1) is 18.8 Å². The molecule has 27 heavy (non-hydrogen) atoms. The molecule has 0 radical (unpaired) electrons. The second kappa shape index (κ2) is 9.61. The molecule has 1 fully saturated rings. The minimum absolute atomic E-state index is 0.143. The molecule has 1 aliphatic heterocycles. The number of amides is 1. The maximum Gasteiger partial charge on any atom is 0.407 e. The van der Waals surface area contributed by atoms with E-state index in [-0.39, 0.29) is 12.1 Å². The topological polar surface area (TPSA) is 56.8 Å². The van der Waals surface area contributed by atoms with Gasteiger partial charge in [-0.2, -0.15) is 0 Å². The molecule has 1 N–H and O–H groups in total. The minimum Gasteiger partial charge on any atom is -0.450 e. The number of alkyl carbamates (subject to hydrolysis) is 1. The predicted molar refractivity (Wildman–Crippen MR) is 102 cm³/mol. The van der Waals surface area contributed by atoms with E-state index in [9.17, 15) is 13.6 Å². The number of carbonyl (C=O) groups is 1. The lowest BCUT2D eigenvalue weighted by molar-refractivity contribution is 0.0200. The van der Waals surface area contributed by atoms with Crippen LogP contribution in [0.25, 0.3) is 0 Å². The molecule has 1 amide bonds. The van der Waals surface area contributed by atoms with Crippen LogP contribution in [0.5, 0.6) is 0 Å². The number of hydrogen-bond donors (Lipinski definition) is 1. The Morgan fingerprint density at radius 2 is 2.00 bits per heavy atom. The highest BCUT2D eigenvalue weighted by atomic mass is 28.3.